The van der Waals surface area contributed by atoms with E-state index in [1.165, 1.54) is 19.1 Å². The number of sulfonamides is 1. The summed E-state index contributed by atoms with van der Waals surface area (Å²) in [6.45, 7) is 5.02. The number of aryl methyl sites for hydroxylation is 1. The quantitative estimate of drug-likeness (QED) is 0.823. The molecular weight excluding hydrogens is 306 g/mol. The number of piperazine rings is 1. The van der Waals surface area contributed by atoms with Gasteiger partial charge in [0.2, 0.25) is 15.9 Å². The fourth-order valence-electron chi connectivity index (χ4n) is 2.44. The lowest BCUT2D eigenvalue weighted by Gasteiger charge is -2.34. The van der Waals surface area contributed by atoms with Crippen LogP contribution in [0.5, 0.6) is 0 Å². The Kier molecular flexibility index (Phi) is 4.52. The molecule has 1 aliphatic rings. The highest BCUT2D eigenvalue weighted by atomic mass is 32.2. The van der Waals surface area contributed by atoms with E-state index >= 15 is 0 Å². The third-order valence-electron chi connectivity index (χ3n) is 3.64. The van der Waals surface area contributed by atoms with Crippen LogP contribution in [0.1, 0.15) is 22.8 Å². The van der Waals surface area contributed by atoms with Crippen LogP contribution in [0.15, 0.2) is 23.1 Å². The Morgan fingerprint density at radius 1 is 1.05 bits per heavy atom. The number of nitrogens with zero attached hydrogens (tertiary/aromatic N) is 2. The second-order valence-corrected chi connectivity index (χ2v) is 6.94. The van der Waals surface area contributed by atoms with Crippen LogP contribution in [0.4, 0.5) is 0 Å². The van der Waals surface area contributed by atoms with E-state index in [2.05, 4.69) is 0 Å². The Morgan fingerprint density at radius 2 is 1.59 bits per heavy atom. The van der Waals surface area contributed by atoms with Gasteiger partial charge in [-0.25, -0.2) is 13.6 Å². The Bertz CT molecular complexity index is 707. The van der Waals surface area contributed by atoms with Gasteiger partial charge in [0, 0.05) is 38.7 Å². The molecule has 2 rings (SSSR count). The van der Waals surface area contributed by atoms with Gasteiger partial charge in [-0.05, 0) is 30.7 Å². The second kappa shape index (κ2) is 6.05. The minimum Gasteiger partial charge on any atom is -0.339 e. The van der Waals surface area contributed by atoms with Crippen LogP contribution in [0.25, 0.3) is 0 Å². The van der Waals surface area contributed by atoms with E-state index in [1.807, 2.05) is 0 Å². The van der Waals surface area contributed by atoms with Crippen molar-refractivity contribution >= 4 is 21.8 Å². The maximum Gasteiger partial charge on any atom is 0.254 e. The molecule has 2 amide bonds. The van der Waals surface area contributed by atoms with Crippen LogP contribution in [0.2, 0.25) is 0 Å². The van der Waals surface area contributed by atoms with Gasteiger partial charge in [0.1, 0.15) is 0 Å². The number of rotatable bonds is 2. The molecule has 8 heteroatoms. The first-order valence-electron chi connectivity index (χ1n) is 6.88. The SMILES string of the molecule is CC(=O)N1CCN(C(=O)c2cc(C)cc(S(N)(=O)=O)c2)CC1. The first-order chi connectivity index (χ1) is 10.2. The summed E-state index contributed by atoms with van der Waals surface area (Å²) in [4.78, 5) is 27.0. The van der Waals surface area contributed by atoms with Crippen molar-refractivity contribution in [2.45, 2.75) is 18.7 Å². The predicted octanol–water partition coefficient (Wildman–Crippen LogP) is -0.0533. The molecule has 0 aromatic heterocycles. The average Bonchev–Trinajstić information content (AvgIpc) is 2.45. The lowest BCUT2D eigenvalue weighted by Crippen LogP contribution is -2.50. The van der Waals surface area contributed by atoms with Crippen molar-refractivity contribution in [3.05, 3.63) is 29.3 Å². The minimum absolute atomic E-state index is 0.0147. The molecule has 1 fully saturated rings. The lowest BCUT2D eigenvalue weighted by molar-refractivity contribution is -0.130. The Balaban J connectivity index is 2.20. The normalized spacial score (nSPS) is 15.8. The van der Waals surface area contributed by atoms with Crippen LogP contribution in [-0.4, -0.2) is 56.2 Å². The zero-order chi connectivity index (χ0) is 16.5. The zero-order valence-electron chi connectivity index (χ0n) is 12.6. The number of nitrogens with two attached hydrogens (primary N) is 1. The number of benzene rings is 1. The van der Waals surface area contributed by atoms with Crippen molar-refractivity contribution in [1.29, 1.82) is 0 Å². The monoisotopic (exact) mass is 325 g/mol. The summed E-state index contributed by atoms with van der Waals surface area (Å²) in [5.41, 5.74) is 0.942. The molecule has 1 aromatic rings. The van der Waals surface area contributed by atoms with Crippen molar-refractivity contribution in [2.75, 3.05) is 26.2 Å². The Labute approximate surface area is 129 Å². The van der Waals surface area contributed by atoms with Crippen LogP contribution >= 0.6 is 0 Å². The van der Waals surface area contributed by atoms with E-state index in [-0.39, 0.29) is 16.7 Å². The standard InChI is InChI=1S/C14H19N3O4S/c1-10-7-12(9-13(8-10)22(15,20)21)14(19)17-5-3-16(4-6-17)11(2)18/h7-9H,3-6H2,1-2H3,(H2,15,20,21). The summed E-state index contributed by atoms with van der Waals surface area (Å²) >= 11 is 0. The van der Waals surface area contributed by atoms with Gasteiger partial charge >= 0.3 is 0 Å². The minimum atomic E-state index is -3.86. The molecule has 120 valence electrons. The highest BCUT2D eigenvalue weighted by Gasteiger charge is 2.24. The van der Waals surface area contributed by atoms with E-state index in [1.54, 1.807) is 22.8 Å². The highest BCUT2D eigenvalue weighted by Crippen LogP contribution is 2.16. The lowest BCUT2D eigenvalue weighted by atomic mass is 10.1. The number of primary sulfonamides is 1. The third-order valence-corrected chi connectivity index (χ3v) is 4.53. The molecule has 22 heavy (non-hydrogen) atoms. The topological polar surface area (TPSA) is 101 Å². The van der Waals surface area contributed by atoms with Gasteiger partial charge < -0.3 is 9.80 Å². The van der Waals surface area contributed by atoms with Crippen LogP contribution < -0.4 is 5.14 Å². The van der Waals surface area contributed by atoms with E-state index in [4.69, 9.17) is 5.14 Å². The molecule has 0 saturated carbocycles. The molecule has 1 aromatic carbocycles. The van der Waals surface area contributed by atoms with Crippen molar-refractivity contribution < 1.29 is 18.0 Å². The smallest absolute Gasteiger partial charge is 0.254 e. The summed E-state index contributed by atoms with van der Waals surface area (Å²) in [5, 5.41) is 5.13. The van der Waals surface area contributed by atoms with Crippen molar-refractivity contribution in [1.82, 2.24) is 9.80 Å². The predicted molar refractivity (Wildman–Crippen MR) is 80.7 cm³/mol. The Hall–Kier alpha value is -1.93. The van der Waals surface area contributed by atoms with E-state index < -0.39 is 10.0 Å². The van der Waals surface area contributed by atoms with E-state index in [0.717, 1.165) is 0 Å². The second-order valence-electron chi connectivity index (χ2n) is 5.38. The van der Waals surface area contributed by atoms with Gasteiger partial charge in [-0.1, -0.05) is 0 Å². The Morgan fingerprint density at radius 3 is 2.09 bits per heavy atom. The van der Waals surface area contributed by atoms with Crippen LogP contribution in [0, 0.1) is 6.92 Å². The van der Waals surface area contributed by atoms with E-state index in [0.29, 0.717) is 37.3 Å². The molecule has 0 atom stereocenters. The molecule has 0 spiro atoms. The summed E-state index contributed by atoms with van der Waals surface area (Å²) in [6.07, 6.45) is 0. The van der Waals surface area contributed by atoms with Crippen molar-refractivity contribution in [2.24, 2.45) is 5.14 Å². The molecule has 0 bridgehead atoms. The van der Waals surface area contributed by atoms with Gasteiger partial charge in [0.15, 0.2) is 0 Å². The van der Waals surface area contributed by atoms with Gasteiger partial charge in [-0.15, -0.1) is 0 Å². The maximum absolute atomic E-state index is 12.5. The number of hydrogen-bond acceptors (Lipinski definition) is 4. The van der Waals surface area contributed by atoms with E-state index in [9.17, 15) is 18.0 Å². The molecule has 1 aliphatic heterocycles. The number of hydrogen-bond donors (Lipinski definition) is 1. The number of carbonyl (C=O) groups is 2. The summed E-state index contributed by atoms with van der Waals surface area (Å²) in [7, 11) is -3.86. The molecule has 2 N–H and O–H groups in total. The maximum atomic E-state index is 12.5. The number of carbonyl (C=O) groups excluding carboxylic acids is 2. The largest absolute Gasteiger partial charge is 0.339 e. The first-order valence-corrected chi connectivity index (χ1v) is 8.42. The summed E-state index contributed by atoms with van der Waals surface area (Å²) in [5.74, 6) is -0.268. The first kappa shape index (κ1) is 16.4. The van der Waals surface area contributed by atoms with Crippen molar-refractivity contribution in [3.63, 3.8) is 0 Å². The van der Waals surface area contributed by atoms with Gasteiger partial charge in [-0.2, -0.15) is 0 Å². The molecular formula is C14H19N3O4S. The fourth-order valence-corrected chi connectivity index (χ4v) is 3.08. The molecule has 0 radical (unpaired) electrons. The van der Waals surface area contributed by atoms with Crippen LogP contribution in [0.3, 0.4) is 0 Å². The summed E-state index contributed by atoms with van der Waals surface area (Å²) in [6, 6.07) is 4.36. The van der Waals surface area contributed by atoms with Gasteiger partial charge in [-0.3, -0.25) is 9.59 Å². The molecule has 0 unspecified atom stereocenters. The van der Waals surface area contributed by atoms with Gasteiger partial charge in [0.05, 0.1) is 4.90 Å². The van der Waals surface area contributed by atoms with Gasteiger partial charge in [0.25, 0.3) is 5.91 Å². The third kappa shape index (κ3) is 3.63. The molecule has 0 aliphatic carbocycles. The zero-order valence-corrected chi connectivity index (χ0v) is 13.4. The molecule has 1 saturated heterocycles. The fraction of sp³-hybridized carbons (Fsp3) is 0.429. The average molecular weight is 325 g/mol. The summed E-state index contributed by atoms with van der Waals surface area (Å²) < 4.78 is 22.9. The highest BCUT2D eigenvalue weighted by molar-refractivity contribution is 7.89. The van der Waals surface area contributed by atoms with Crippen molar-refractivity contribution in [3.8, 4) is 0 Å². The van der Waals surface area contributed by atoms with Crippen LogP contribution in [-0.2, 0) is 14.8 Å². The molecule has 7 nitrogen and oxygen atoms in total. The number of amides is 2. The molecule has 1 heterocycles.